The van der Waals surface area contributed by atoms with E-state index in [0.717, 1.165) is 13.0 Å². The van der Waals surface area contributed by atoms with Crippen molar-refractivity contribution in [1.82, 2.24) is 30.1 Å². The lowest BCUT2D eigenvalue weighted by molar-refractivity contribution is -0.133. The van der Waals surface area contributed by atoms with Crippen molar-refractivity contribution in [3.8, 4) is 0 Å². The minimum absolute atomic E-state index is 0.0252. The maximum absolute atomic E-state index is 12.7. The summed E-state index contributed by atoms with van der Waals surface area (Å²) in [6, 6.07) is 1.71. The zero-order valence-electron chi connectivity index (χ0n) is 17.4. The van der Waals surface area contributed by atoms with Gasteiger partial charge in [-0.3, -0.25) is 14.3 Å². The molecule has 9 nitrogen and oxygen atoms in total. The van der Waals surface area contributed by atoms with Gasteiger partial charge in [0.05, 0.1) is 5.41 Å². The number of nitrogens with one attached hydrogen (secondary N) is 1. The van der Waals surface area contributed by atoms with E-state index in [9.17, 15) is 9.59 Å². The third-order valence-corrected chi connectivity index (χ3v) is 6.17. The molecule has 156 valence electrons. The molecule has 4 rings (SSSR count). The average molecular weight is 400 g/mol. The third kappa shape index (κ3) is 3.42. The van der Waals surface area contributed by atoms with Gasteiger partial charge < -0.3 is 14.7 Å². The Balaban J connectivity index is 1.54. The molecule has 1 aliphatic heterocycles. The Morgan fingerprint density at radius 3 is 2.83 bits per heavy atom. The van der Waals surface area contributed by atoms with Crippen LogP contribution in [0.15, 0.2) is 16.8 Å². The lowest BCUT2D eigenvalue weighted by Gasteiger charge is -2.26. The van der Waals surface area contributed by atoms with Crippen LogP contribution in [0.2, 0.25) is 0 Å². The van der Waals surface area contributed by atoms with E-state index in [1.54, 1.807) is 23.9 Å². The summed E-state index contributed by atoms with van der Waals surface area (Å²) < 4.78 is 7.30. The lowest BCUT2D eigenvalue weighted by atomic mass is 9.80. The number of aromatic nitrogens is 4. The van der Waals surface area contributed by atoms with E-state index in [1.807, 2.05) is 25.7 Å². The van der Waals surface area contributed by atoms with Gasteiger partial charge in [-0.2, -0.15) is 10.1 Å². The van der Waals surface area contributed by atoms with Crippen molar-refractivity contribution in [1.29, 1.82) is 0 Å². The van der Waals surface area contributed by atoms with Crippen LogP contribution in [-0.4, -0.2) is 55.8 Å². The van der Waals surface area contributed by atoms with Gasteiger partial charge in [-0.25, -0.2) is 0 Å². The molecule has 2 fully saturated rings. The van der Waals surface area contributed by atoms with Gasteiger partial charge >= 0.3 is 0 Å². The topological polar surface area (TPSA) is 106 Å². The van der Waals surface area contributed by atoms with Gasteiger partial charge in [0, 0.05) is 37.8 Å². The summed E-state index contributed by atoms with van der Waals surface area (Å²) in [7, 11) is 0. The van der Waals surface area contributed by atoms with Crippen molar-refractivity contribution in [2.24, 2.45) is 11.8 Å². The van der Waals surface area contributed by atoms with Crippen molar-refractivity contribution < 1.29 is 14.1 Å². The number of aryl methyl sites for hydroxylation is 2. The molecule has 2 aliphatic rings. The quantitative estimate of drug-likeness (QED) is 0.816. The second-order valence-corrected chi connectivity index (χ2v) is 8.54. The van der Waals surface area contributed by atoms with Gasteiger partial charge in [0.2, 0.25) is 11.8 Å². The minimum Gasteiger partial charge on any atom is -0.348 e. The first-order valence-electron chi connectivity index (χ1n) is 10.3. The predicted molar refractivity (Wildman–Crippen MR) is 104 cm³/mol. The summed E-state index contributed by atoms with van der Waals surface area (Å²) in [5, 5.41) is 11.4. The molecule has 3 heterocycles. The standard InChI is InChI=1S/C20H28N6O3/c1-5-26-7-6-16(23-26)17(27)22-15-8-14-10-25(18(28)12(2)3)11-20(14,9-15)19-21-13(4)24-29-19/h6-7,12,14-15H,5,8-11H2,1-4H3,(H,22,27)/t14-,15+,20-/m0/s1. The number of carbonyl (C=O) groups is 2. The SMILES string of the molecule is CCn1ccc(C(=O)N[C@@H]2C[C@H]3CN(C(=O)C(C)C)C[C@@]3(c3nc(C)no3)C2)n1. The van der Waals surface area contributed by atoms with Crippen molar-refractivity contribution in [2.45, 2.75) is 58.5 Å². The fourth-order valence-corrected chi connectivity index (χ4v) is 4.76. The molecule has 1 N–H and O–H groups in total. The second kappa shape index (κ2) is 7.27. The molecule has 0 bridgehead atoms. The van der Waals surface area contributed by atoms with Gasteiger partial charge in [0.25, 0.3) is 5.91 Å². The molecule has 9 heteroatoms. The van der Waals surface area contributed by atoms with Gasteiger partial charge in [-0.05, 0) is 38.7 Å². The molecule has 1 saturated carbocycles. The highest BCUT2D eigenvalue weighted by atomic mass is 16.5. The summed E-state index contributed by atoms with van der Waals surface area (Å²) in [5.41, 5.74) is 0.00945. The van der Waals surface area contributed by atoms with Crippen molar-refractivity contribution >= 4 is 11.8 Å². The maximum Gasteiger partial charge on any atom is 0.271 e. The van der Waals surface area contributed by atoms with Crippen LogP contribution in [0.4, 0.5) is 0 Å². The Bertz CT molecular complexity index is 919. The third-order valence-electron chi connectivity index (χ3n) is 6.17. The Kier molecular flexibility index (Phi) is 4.92. The van der Waals surface area contributed by atoms with E-state index in [0.29, 0.717) is 36.9 Å². The number of likely N-dealkylation sites (tertiary alicyclic amines) is 1. The first-order chi connectivity index (χ1) is 13.8. The molecule has 2 aromatic rings. The second-order valence-electron chi connectivity index (χ2n) is 8.54. The van der Waals surface area contributed by atoms with Crippen LogP contribution >= 0.6 is 0 Å². The minimum atomic E-state index is -0.410. The molecule has 0 radical (unpaired) electrons. The Morgan fingerprint density at radius 2 is 2.21 bits per heavy atom. The summed E-state index contributed by atoms with van der Waals surface area (Å²) in [5.74, 6) is 1.24. The van der Waals surface area contributed by atoms with E-state index in [4.69, 9.17) is 4.52 Å². The van der Waals surface area contributed by atoms with Gasteiger partial charge in [-0.1, -0.05) is 19.0 Å². The number of rotatable bonds is 5. The van der Waals surface area contributed by atoms with E-state index >= 15 is 0 Å². The number of amides is 2. The Labute approximate surface area is 169 Å². The number of nitrogens with zero attached hydrogens (tertiary/aromatic N) is 5. The van der Waals surface area contributed by atoms with Crippen LogP contribution < -0.4 is 5.32 Å². The summed E-state index contributed by atoms with van der Waals surface area (Å²) in [4.78, 5) is 31.7. The van der Waals surface area contributed by atoms with E-state index in [-0.39, 0.29) is 29.7 Å². The number of hydrogen-bond acceptors (Lipinski definition) is 6. The monoisotopic (exact) mass is 400 g/mol. The summed E-state index contributed by atoms with van der Waals surface area (Å²) in [6.45, 7) is 9.52. The first kappa shape index (κ1) is 19.6. The zero-order valence-corrected chi connectivity index (χ0v) is 17.4. The normalized spacial score (nSPS) is 26.2. The molecule has 2 amide bonds. The highest BCUT2D eigenvalue weighted by molar-refractivity contribution is 5.92. The molecule has 3 atom stereocenters. The fraction of sp³-hybridized carbons (Fsp3) is 0.650. The van der Waals surface area contributed by atoms with Crippen LogP contribution in [0.25, 0.3) is 0 Å². The number of hydrogen-bond donors (Lipinski definition) is 1. The Morgan fingerprint density at radius 1 is 1.41 bits per heavy atom. The largest absolute Gasteiger partial charge is 0.348 e. The molecule has 1 aliphatic carbocycles. The fourth-order valence-electron chi connectivity index (χ4n) is 4.76. The summed E-state index contributed by atoms with van der Waals surface area (Å²) >= 11 is 0. The highest BCUT2D eigenvalue weighted by Gasteiger charge is 2.58. The molecular formula is C20H28N6O3. The summed E-state index contributed by atoms with van der Waals surface area (Å²) in [6.07, 6.45) is 3.24. The Hall–Kier alpha value is -2.71. The van der Waals surface area contributed by atoms with Crippen LogP contribution in [0.3, 0.4) is 0 Å². The van der Waals surface area contributed by atoms with E-state index in [1.165, 1.54) is 0 Å². The lowest BCUT2D eigenvalue weighted by Crippen LogP contribution is -2.40. The maximum atomic E-state index is 12.7. The zero-order chi connectivity index (χ0) is 20.8. The molecular weight excluding hydrogens is 372 g/mol. The highest BCUT2D eigenvalue weighted by Crippen LogP contribution is 2.50. The molecule has 2 aromatic heterocycles. The molecule has 0 aromatic carbocycles. The van der Waals surface area contributed by atoms with Gasteiger partial charge in [0.1, 0.15) is 5.69 Å². The van der Waals surface area contributed by atoms with Crippen molar-refractivity contribution in [2.75, 3.05) is 13.1 Å². The van der Waals surface area contributed by atoms with Crippen LogP contribution in [0.5, 0.6) is 0 Å². The van der Waals surface area contributed by atoms with E-state index < -0.39 is 5.41 Å². The van der Waals surface area contributed by atoms with Crippen LogP contribution in [0, 0.1) is 18.8 Å². The molecule has 0 unspecified atom stereocenters. The molecule has 1 saturated heterocycles. The van der Waals surface area contributed by atoms with Crippen molar-refractivity contribution in [3.63, 3.8) is 0 Å². The molecule has 0 spiro atoms. The average Bonchev–Trinajstić information content (AvgIpc) is 3.42. The number of fused-ring (bicyclic) bond motifs is 1. The van der Waals surface area contributed by atoms with Crippen LogP contribution in [0.1, 0.15) is 55.8 Å². The van der Waals surface area contributed by atoms with Gasteiger partial charge in [-0.15, -0.1) is 0 Å². The van der Waals surface area contributed by atoms with Crippen molar-refractivity contribution in [3.05, 3.63) is 29.7 Å². The van der Waals surface area contributed by atoms with Crippen LogP contribution in [-0.2, 0) is 16.8 Å². The van der Waals surface area contributed by atoms with E-state index in [2.05, 4.69) is 20.6 Å². The van der Waals surface area contributed by atoms with Gasteiger partial charge in [0.15, 0.2) is 5.82 Å². The smallest absolute Gasteiger partial charge is 0.271 e. The first-order valence-corrected chi connectivity index (χ1v) is 10.3. The predicted octanol–water partition coefficient (Wildman–Crippen LogP) is 1.54. The number of carbonyl (C=O) groups excluding carboxylic acids is 2. The molecule has 29 heavy (non-hydrogen) atoms.